The fourth-order valence-electron chi connectivity index (χ4n) is 2.00. The molecule has 1 aliphatic rings. The van der Waals surface area contributed by atoms with Gasteiger partial charge in [-0.3, -0.25) is 14.4 Å². The SMILES string of the molecule is CCN1CCOC(COC(=O)Cn2ccc(N)n2)C1. The Bertz CT molecular complexity index is 421. The topological polar surface area (TPSA) is 82.6 Å². The number of hydrogen-bond acceptors (Lipinski definition) is 6. The first-order valence-corrected chi connectivity index (χ1v) is 6.46. The van der Waals surface area contributed by atoms with Crippen LogP contribution in [-0.4, -0.2) is 59.6 Å². The van der Waals surface area contributed by atoms with Crippen molar-refractivity contribution < 1.29 is 14.3 Å². The molecule has 106 valence electrons. The van der Waals surface area contributed by atoms with E-state index in [2.05, 4.69) is 16.9 Å². The predicted octanol–water partition coefficient (Wildman–Crippen LogP) is -0.271. The van der Waals surface area contributed by atoms with Crippen LogP contribution in [0, 0.1) is 0 Å². The number of nitrogens with two attached hydrogens (primary N) is 1. The predicted molar refractivity (Wildman–Crippen MR) is 69.5 cm³/mol. The second-order valence-electron chi connectivity index (χ2n) is 4.51. The number of nitrogen functional groups attached to an aromatic ring is 1. The molecule has 1 aromatic heterocycles. The number of nitrogens with zero attached hydrogens (tertiary/aromatic N) is 3. The van der Waals surface area contributed by atoms with E-state index in [1.54, 1.807) is 12.3 Å². The zero-order chi connectivity index (χ0) is 13.7. The largest absolute Gasteiger partial charge is 0.461 e. The number of hydrogen-bond donors (Lipinski definition) is 1. The van der Waals surface area contributed by atoms with Crippen LogP contribution in [0.15, 0.2) is 12.3 Å². The van der Waals surface area contributed by atoms with Gasteiger partial charge in [-0.2, -0.15) is 5.10 Å². The van der Waals surface area contributed by atoms with E-state index in [0.717, 1.165) is 19.6 Å². The van der Waals surface area contributed by atoms with Crippen molar-refractivity contribution in [3.63, 3.8) is 0 Å². The number of rotatable bonds is 5. The molecule has 0 amide bonds. The Morgan fingerprint density at radius 2 is 2.53 bits per heavy atom. The maximum Gasteiger partial charge on any atom is 0.327 e. The summed E-state index contributed by atoms with van der Waals surface area (Å²) in [5.74, 6) is 0.0577. The van der Waals surface area contributed by atoms with Gasteiger partial charge in [0.25, 0.3) is 0 Å². The molecule has 1 unspecified atom stereocenters. The van der Waals surface area contributed by atoms with E-state index < -0.39 is 0 Å². The van der Waals surface area contributed by atoms with Crippen LogP contribution in [-0.2, 0) is 20.8 Å². The summed E-state index contributed by atoms with van der Waals surface area (Å²) in [5, 5.41) is 3.92. The molecular formula is C12H20N4O3. The number of likely N-dealkylation sites (N-methyl/N-ethyl adjacent to an activating group) is 1. The van der Waals surface area contributed by atoms with Crippen molar-refractivity contribution in [3.05, 3.63) is 12.3 Å². The zero-order valence-electron chi connectivity index (χ0n) is 11.1. The van der Waals surface area contributed by atoms with Crippen molar-refractivity contribution in [1.82, 2.24) is 14.7 Å². The van der Waals surface area contributed by atoms with E-state index in [-0.39, 0.29) is 25.2 Å². The van der Waals surface area contributed by atoms with Crippen molar-refractivity contribution in [1.29, 1.82) is 0 Å². The number of carbonyl (C=O) groups excluding carboxylic acids is 1. The third-order valence-electron chi connectivity index (χ3n) is 3.05. The van der Waals surface area contributed by atoms with Crippen LogP contribution in [0.25, 0.3) is 0 Å². The highest BCUT2D eigenvalue weighted by atomic mass is 16.6. The van der Waals surface area contributed by atoms with E-state index in [4.69, 9.17) is 15.2 Å². The molecule has 2 N–H and O–H groups in total. The van der Waals surface area contributed by atoms with Crippen molar-refractivity contribution in [2.24, 2.45) is 0 Å². The highest BCUT2D eigenvalue weighted by Gasteiger charge is 2.20. The summed E-state index contributed by atoms with van der Waals surface area (Å²) in [6.45, 7) is 5.88. The number of anilines is 1. The normalized spacial score (nSPS) is 20.4. The summed E-state index contributed by atoms with van der Waals surface area (Å²) in [5.41, 5.74) is 5.47. The van der Waals surface area contributed by atoms with Crippen molar-refractivity contribution in [2.45, 2.75) is 19.6 Å². The minimum atomic E-state index is -0.333. The Balaban J connectivity index is 1.71. The molecule has 19 heavy (non-hydrogen) atoms. The third kappa shape index (κ3) is 4.22. The Labute approximate surface area is 112 Å². The summed E-state index contributed by atoms with van der Waals surface area (Å²) < 4.78 is 12.2. The van der Waals surface area contributed by atoms with Gasteiger partial charge in [-0.05, 0) is 12.6 Å². The van der Waals surface area contributed by atoms with E-state index >= 15 is 0 Å². The maximum atomic E-state index is 11.6. The molecule has 0 bridgehead atoms. The Hall–Kier alpha value is -1.60. The van der Waals surface area contributed by atoms with Gasteiger partial charge in [0, 0.05) is 19.3 Å². The molecule has 0 spiro atoms. The molecule has 7 nitrogen and oxygen atoms in total. The van der Waals surface area contributed by atoms with Crippen molar-refractivity contribution in [3.8, 4) is 0 Å². The summed E-state index contributed by atoms with van der Waals surface area (Å²) in [6.07, 6.45) is 1.60. The van der Waals surface area contributed by atoms with Crippen molar-refractivity contribution in [2.75, 3.05) is 38.6 Å². The Morgan fingerprint density at radius 1 is 1.68 bits per heavy atom. The molecule has 1 fully saturated rings. The highest BCUT2D eigenvalue weighted by Crippen LogP contribution is 2.05. The van der Waals surface area contributed by atoms with Gasteiger partial charge < -0.3 is 15.2 Å². The summed E-state index contributed by atoms with van der Waals surface area (Å²) in [6, 6.07) is 1.64. The fourth-order valence-corrected chi connectivity index (χ4v) is 2.00. The molecule has 1 atom stereocenters. The molecule has 0 aliphatic carbocycles. The van der Waals surface area contributed by atoms with Crippen molar-refractivity contribution >= 4 is 11.8 Å². The summed E-state index contributed by atoms with van der Waals surface area (Å²) >= 11 is 0. The van der Waals surface area contributed by atoms with Gasteiger partial charge in [-0.15, -0.1) is 0 Å². The lowest BCUT2D eigenvalue weighted by molar-refractivity contribution is -0.151. The van der Waals surface area contributed by atoms with Crippen LogP contribution in [0.3, 0.4) is 0 Å². The molecular weight excluding hydrogens is 248 g/mol. The molecule has 1 aliphatic heterocycles. The maximum absolute atomic E-state index is 11.6. The number of carbonyl (C=O) groups is 1. The standard InChI is InChI=1S/C12H20N4O3/c1-2-15-5-6-18-10(7-15)9-19-12(17)8-16-4-3-11(13)14-16/h3-4,10H,2,5-9H2,1H3,(H2,13,14). The van der Waals surface area contributed by atoms with Gasteiger partial charge in [0.2, 0.25) is 0 Å². The molecule has 1 aromatic rings. The highest BCUT2D eigenvalue weighted by molar-refractivity contribution is 5.69. The van der Waals surface area contributed by atoms with Gasteiger partial charge in [0.1, 0.15) is 25.1 Å². The average Bonchev–Trinajstić information content (AvgIpc) is 2.82. The molecule has 2 rings (SSSR count). The lowest BCUT2D eigenvalue weighted by atomic mass is 10.3. The molecule has 1 saturated heterocycles. The number of esters is 1. The Morgan fingerprint density at radius 3 is 3.21 bits per heavy atom. The second-order valence-corrected chi connectivity index (χ2v) is 4.51. The van der Waals surface area contributed by atoms with E-state index in [1.165, 1.54) is 4.68 Å². The third-order valence-corrected chi connectivity index (χ3v) is 3.05. The van der Waals surface area contributed by atoms with Crippen LogP contribution >= 0.6 is 0 Å². The molecule has 7 heteroatoms. The second kappa shape index (κ2) is 6.53. The fraction of sp³-hybridized carbons (Fsp3) is 0.667. The van der Waals surface area contributed by atoms with Gasteiger partial charge >= 0.3 is 5.97 Å². The number of morpholine rings is 1. The zero-order valence-corrected chi connectivity index (χ0v) is 11.1. The van der Waals surface area contributed by atoms with Gasteiger partial charge in [0.15, 0.2) is 0 Å². The molecule has 0 radical (unpaired) electrons. The first-order valence-electron chi connectivity index (χ1n) is 6.46. The van der Waals surface area contributed by atoms with Crippen LogP contribution in [0.1, 0.15) is 6.92 Å². The van der Waals surface area contributed by atoms with E-state index in [9.17, 15) is 4.79 Å². The van der Waals surface area contributed by atoms with Gasteiger partial charge in [-0.1, -0.05) is 6.92 Å². The van der Waals surface area contributed by atoms with Gasteiger partial charge in [0.05, 0.1) is 6.61 Å². The van der Waals surface area contributed by atoms with Crippen LogP contribution < -0.4 is 5.73 Å². The lowest BCUT2D eigenvalue weighted by Crippen LogP contribution is -2.44. The minimum Gasteiger partial charge on any atom is -0.461 e. The number of ether oxygens (including phenoxy) is 2. The van der Waals surface area contributed by atoms with E-state index in [1.807, 2.05) is 0 Å². The summed E-state index contributed by atoms with van der Waals surface area (Å²) in [4.78, 5) is 13.9. The quantitative estimate of drug-likeness (QED) is 0.740. The van der Waals surface area contributed by atoms with Crippen LogP contribution in [0.2, 0.25) is 0 Å². The molecule has 0 aromatic carbocycles. The molecule has 2 heterocycles. The Kier molecular flexibility index (Phi) is 4.75. The van der Waals surface area contributed by atoms with Crippen LogP contribution in [0.5, 0.6) is 0 Å². The number of aromatic nitrogens is 2. The smallest absolute Gasteiger partial charge is 0.327 e. The first kappa shape index (κ1) is 13.8. The average molecular weight is 268 g/mol. The monoisotopic (exact) mass is 268 g/mol. The molecule has 0 saturated carbocycles. The lowest BCUT2D eigenvalue weighted by Gasteiger charge is -2.31. The van der Waals surface area contributed by atoms with Crippen LogP contribution in [0.4, 0.5) is 5.82 Å². The minimum absolute atomic E-state index is 0.0414. The van der Waals surface area contributed by atoms with E-state index in [0.29, 0.717) is 12.4 Å². The summed E-state index contributed by atoms with van der Waals surface area (Å²) in [7, 11) is 0. The first-order chi connectivity index (χ1) is 9.17. The van der Waals surface area contributed by atoms with Gasteiger partial charge in [-0.25, -0.2) is 0 Å².